The molecular weight excluding hydrogens is 466 g/mol. The highest BCUT2D eigenvalue weighted by Gasteiger charge is 2.30. The molecule has 0 spiro atoms. The highest BCUT2D eigenvalue weighted by atomic mass is 35.5. The van der Waals surface area contributed by atoms with Crippen molar-refractivity contribution in [3.8, 4) is 17.4 Å². The Bertz CT molecular complexity index is 1050. The molecule has 3 unspecified atom stereocenters. The second kappa shape index (κ2) is 10.5. The number of halogens is 1. The van der Waals surface area contributed by atoms with E-state index in [1.54, 1.807) is 20.4 Å². The number of pyridine rings is 1. The SMILES string of the molecule is COc1ncnc(OC)c1-n1c(NSC(C)C(C)c2ccc(Cl)cn2)nnc1C1CCOC1. The van der Waals surface area contributed by atoms with E-state index in [4.69, 9.17) is 25.8 Å². The summed E-state index contributed by atoms with van der Waals surface area (Å²) in [7, 11) is 3.11. The molecule has 176 valence electrons. The molecule has 33 heavy (non-hydrogen) atoms. The van der Waals surface area contributed by atoms with Crippen molar-refractivity contribution >= 4 is 29.5 Å². The Morgan fingerprint density at radius 2 is 1.91 bits per heavy atom. The van der Waals surface area contributed by atoms with Crippen LogP contribution >= 0.6 is 23.5 Å². The number of nitrogens with zero attached hydrogens (tertiary/aromatic N) is 6. The summed E-state index contributed by atoms with van der Waals surface area (Å²) in [5.41, 5.74) is 1.50. The Morgan fingerprint density at radius 3 is 2.52 bits per heavy atom. The number of hydrogen-bond acceptors (Lipinski definition) is 10. The summed E-state index contributed by atoms with van der Waals surface area (Å²) < 4.78 is 21.9. The van der Waals surface area contributed by atoms with Crippen LogP contribution < -0.4 is 14.2 Å². The molecule has 0 saturated carbocycles. The Balaban J connectivity index is 1.65. The van der Waals surface area contributed by atoms with Gasteiger partial charge in [0.2, 0.25) is 17.7 Å². The van der Waals surface area contributed by atoms with Crippen LogP contribution in [0.5, 0.6) is 11.8 Å². The molecule has 0 radical (unpaired) electrons. The van der Waals surface area contributed by atoms with Gasteiger partial charge in [0.1, 0.15) is 12.2 Å². The molecular formula is C21H26ClN7O3S. The second-order valence-corrected chi connectivity index (χ2v) is 9.25. The summed E-state index contributed by atoms with van der Waals surface area (Å²) >= 11 is 7.51. The Hall–Kier alpha value is -2.63. The third-order valence-electron chi connectivity index (χ3n) is 5.61. The van der Waals surface area contributed by atoms with E-state index >= 15 is 0 Å². The maximum atomic E-state index is 5.98. The minimum Gasteiger partial charge on any atom is -0.479 e. The van der Waals surface area contributed by atoms with Crippen LogP contribution in [-0.2, 0) is 4.74 Å². The summed E-state index contributed by atoms with van der Waals surface area (Å²) in [4.78, 5) is 13.0. The third-order valence-corrected chi connectivity index (χ3v) is 6.91. The fourth-order valence-electron chi connectivity index (χ4n) is 3.57. The summed E-state index contributed by atoms with van der Waals surface area (Å²) in [6.07, 6.45) is 3.91. The zero-order valence-electron chi connectivity index (χ0n) is 18.9. The fourth-order valence-corrected chi connectivity index (χ4v) is 4.45. The predicted molar refractivity (Wildman–Crippen MR) is 127 cm³/mol. The van der Waals surface area contributed by atoms with E-state index in [-0.39, 0.29) is 17.1 Å². The molecule has 4 rings (SSSR count). The van der Waals surface area contributed by atoms with Gasteiger partial charge in [-0.2, -0.15) is 9.97 Å². The van der Waals surface area contributed by atoms with Gasteiger partial charge in [-0.15, -0.1) is 10.2 Å². The Labute approximate surface area is 201 Å². The molecule has 1 aliphatic rings. The van der Waals surface area contributed by atoms with Gasteiger partial charge in [0, 0.05) is 35.6 Å². The van der Waals surface area contributed by atoms with Gasteiger partial charge in [0.05, 0.1) is 25.8 Å². The van der Waals surface area contributed by atoms with Crippen molar-refractivity contribution < 1.29 is 14.2 Å². The number of nitrogens with one attached hydrogen (secondary N) is 1. The molecule has 3 aromatic rings. The van der Waals surface area contributed by atoms with E-state index in [1.165, 1.54) is 18.3 Å². The molecule has 3 aromatic heterocycles. The Morgan fingerprint density at radius 1 is 1.15 bits per heavy atom. The number of ether oxygens (including phenoxy) is 3. The molecule has 0 aliphatic carbocycles. The summed E-state index contributed by atoms with van der Waals surface area (Å²) in [5, 5.41) is 9.69. The molecule has 4 heterocycles. The summed E-state index contributed by atoms with van der Waals surface area (Å²) in [6.45, 7) is 5.49. The van der Waals surface area contributed by atoms with Crippen LogP contribution in [0.1, 0.15) is 43.6 Å². The number of methoxy groups -OCH3 is 2. The maximum absolute atomic E-state index is 5.98. The lowest BCUT2D eigenvalue weighted by molar-refractivity contribution is 0.193. The highest BCUT2D eigenvalue weighted by Crippen LogP contribution is 2.37. The normalized spacial score (nSPS) is 17.5. The largest absolute Gasteiger partial charge is 0.479 e. The average molecular weight is 492 g/mol. The van der Waals surface area contributed by atoms with Gasteiger partial charge in [-0.3, -0.25) is 14.3 Å². The van der Waals surface area contributed by atoms with Crippen LogP contribution in [0.25, 0.3) is 5.69 Å². The zero-order valence-corrected chi connectivity index (χ0v) is 20.4. The molecule has 12 heteroatoms. The highest BCUT2D eigenvalue weighted by molar-refractivity contribution is 8.01. The van der Waals surface area contributed by atoms with Gasteiger partial charge in [0.15, 0.2) is 5.69 Å². The smallest absolute Gasteiger partial charge is 0.245 e. The molecule has 10 nitrogen and oxygen atoms in total. The lowest BCUT2D eigenvalue weighted by Crippen LogP contribution is -2.15. The Kier molecular flexibility index (Phi) is 7.51. The van der Waals surface area contributed by atoms with Crippen molar-refractivity contribution in [3.63, 3.8) is 0 Å². The van der Waals surface area contributed by atoms with Gasteiger partial charge in [-0.1, -0.05) is 25.4 Å². The quantitative estimate of drug-likeness (QED) is 0.443. The number of anilines is 1. The lowest BCUT2D eigenvalue weighted by Gasteiger charge is -2.21. The maximum Gasteiger partial charge on any atom is 0.245 e. The fraction of sp³-hybridized carbons (Fsp3) is 0.476. The third kappa shape index (κ3) is 4.99. The van der Waals surface area contributed by atoms with Gasteiger partial charge in [0.25, 0.3) is 0 Å². The first-order valence-corrected chi connectivity index (χ1v) is 11.8. The van der Waals surface area contributed by atoms with Crippen LogP contribution in [0.4, 0.5) is 5.95 Å². The van der Waals surface area contributed by atoms with Crippen LogP contribution in [0, 0.1) is 0 Å². The van der Waals surface area contributed by atoms with Crippen molar-refractivity contribution in [1.82, 2.24) is 29.7 Å². The lowest BCUT2D eigenvalue weighted by atomic mass is 10.0. The van der Waals surface area contributed by atoms with E-state index in [0.717, 1.165) is 17.9 Å². The van der Waals surface area contributed by atoms with Crippen LogP contribution in [-0.4, -0.2) is 62.4 Å². The minimum absolute atomic E-state index is 0.0854. The van der Waals surface area contributed by atoms with Crippen molar-refractivity contribution in [2.75, 3.05) is 32.2 Å². The minimum atomic E-state index is 0.0854. The van der Waals surface area contributed by atoms with Crippen LogP contribution in [0.15, 0.2) is 24.7 Å². The molecule has 1 fully saturated rings. The summed E-state index contributed by atoms with van der Waals surface area (Å²) in [6, 6.07) is 3.80. The van der Waals surface area contributed by atoms with E-state index in [9.17, 15) is 0 Å². The van der Waals surface area contributed by atoms with Crippen molar-refractivity contribution in [1.29, 1.82) is 0 Å². The van der Waals surface area contributed by atoms with E-state index in [0.29, 0.717) is 41.6 Å². The van der Waals surface area contributed by atoms with Crippen molar-refractivity contribution in [2.24, 2.45) is 0 Å². The van der Waals surface area contributed by atoms with Gasteiger partial charge in [-0.25, -0.2) is 0 Å². The average Bonchev–Trinajstić information content (AvgIpc) is 3.51. The second-order valence-electron chi connectivity index (χ2n) is 7.63. The summed E-state index contributed by atoms with van der Waals surface area (Å²) in [5.74, 6) is 2.24. The number of rotatable bonds is 9. The van der Waals surface area contributed by atoms with Crippen LogP contribution in [0.2, 0.25) is 5.02 Å². The first-order chi connectivity index (χ1) is 16.0. The van der Waals surface area contributed by atoms with Crippen molar-refractivity contribution in [3.05, 3.63) is 41.2 Å². The molecule has 0 bridgehead atoms. The molecule has 1 saturated heterocycles. The van der Waals surface area contributed by atoms with E-state index < -0.39 is 0 Å². The van der Waals surface area contributed by atoms with Crippen molar-refractivity contribution in [2.45, 2.75) is 37.4 Å². The number of hydrogen-bond donors (Lipinski definition) is 1. The zero-order chi connectivity index (χ0) is 23.4. The van der Waals surface area contributed by atoms with Gasteiger partial charge < -0.3 is 14.2 Å². The topological polar surface area (TPSA) is 109 Å². The van der Waals surface area contributed by atoms with E-state index in [1.807, 2.05) is 16.7 Å². The predicted octanol–water partition coefficient (Wildman–Crippen LogP) is 3.88. The molecule has 0 aromatic carbocycles. The molecule has 1 N–H and O–H groups in total. The molecule has 3 atom stereocenters. The number of aromatic nitrogens is 6. The van der Waals surface area contributed by atoms with Gasteiger partial charge in [-0.05, 0) is 30.5 Å². The van der Waals surface area contributed by atoms with Gasteiger partial charge >= 0.3 is 0 Å². The van der Waals surface area contributed by atoms with Crippen LogP contribution in [0.3, 0.4) is 0 Å². The first kappa shape index (κ1) is 23.5. The monoisotopic (exact) mass is 491 g/mol. The standard InChI is InChI=1S/C21H26ClN7O3S/c1-12(16-6-5-15(22)9-23-16)13(2)33-28-21-27-26-18(14-7-8-32-10-14)29(21)17-19(30-3)24-11-25-20(17)31-4/h5-6,9,11-14H,7-8,10H2,1-4H3,(H,27,28). The molecule has 0 amide bonds. The first-order valence-electron chi connectivity index (χ1n) is 10.5. The van der Waals surface area contributed by atoms with E-state index in [2.05, 4.69) is 43.7 Å². The molecule has 1 aliphatic heterocycles.